The van der Waals surface area contributed by atoms with Crippen LogP contribution in [0, 0.1) is 0 Å². The average molecular weight is 143 g/mol. The second-order valence-corrected chi connectivity index (χ2v) is 2.63. The van der Waals surface area contributed by atoms with E-state index in [9.17, 15) is 9.90 Å². The van der Waals surface area contributed by atoms with Crippen molar-refractivity contribution in [1.82, 2.24) is 0 Å². The zero-order chi connectivity index (χ0) is 7.40. The van der Waals surface area contributed by atoms with Gasteiger partial charge >= 0.3 is 6.16 Å². The third-order valence-corrected chi connectivity index (χ3v) is 1.82. The molecule has 0 aromatic rings. The number of carbonyl (C=O) groups is 1. The summed E-state index contributed by atoms with van der Waals surface area (Å²) in [7, 11) is 0. The van der Waals surface area contributed by atoms with Crippen molar-refractivity contribution >= 4 is 6.16 Å². The van der Waals surface area contributed by atoms with Gasteiger partial charge in [0.1, 0.15) is 6.10 Å². The van der Waals surface area contributed by atoms with Gasteiger partial charge in [0.05, 0.1) is 0 Å². The van der Waals surface area contributed by atoms with Crippen molar-refractivity contribution in [1.29, 1.82) is 0 Å². The van der Waals surface area contributed by atoms with Gasteiger partial charge in [0.15, 0.2) is 0 Å². The van der Waals surface area contributed by atoms with Crippen LogP contribution in [0.4, 0.5) is 4.79 Å². The van der Waals surface area contributed by atoms with Gasteiger partial charge in [-0.25, -0.2) is 0 Å². The molecule has 0 amide bonds. The topological polar surface area (TPSA) is 46.2 Å². The minimum absolute atomic E-state index is 0.0845. The van der Waals surface area contributed by atoms with Crippen LogP contribution >= 0.6 is 0 Å². The molecule has 57 valence electrons. The molecule has 0 saturated heterocycles. The Kier molecular flexibility index (Phi) is 2.54. The average Bonchev–Trinajstić information content (AvgIpc) is 1.88. The normalized spacial score (nSPS) is 20.4. The lowest BCUT2D eigenvalue weighted by Crippen LogP contribution is -2.18. The number of hydrogen-bond donors (Lipinski definition) is 0. The molecule has 0 aromatic heterocycles. The molecule has 1 aliphatic rings. The quantitative estimate of drug-likeness (QED) is 0.526. The van der Waals surface area contributed by atoms with E-state index < -0.39 is 6.16 Å². The molecule has 1 fully saturated rings. The maximum Gasteiger partial charge on any atom is 0.550 e. The molecule has 1 radical (unpaired) electrons. The molecule has 0 aliphatic heterocycles. The maximum absolute atomic E-state index is 9.93. The Balaban J connectivity index is 2.19. The molecule has 10 heavy (non-hydrogen) atoms. The Bertz CT molecular complexity index is 116. The van der Waals surface area contributed by atoms with Crippen LogP contribution in [-0.2, 0) is 9.84 Å². The molecule has 0 N–H and O–H groups in total. The van der Waals surface area contributed by atoms with E-state index in [0.29, 0.717) is 0 Å². The van der Waals surface area contributed by atoms with Crippen LogP contribution in [0.3, 0.4) is 0 Å². The van der Waals surface area contributed by atoms with Crippen LogP contribution in [0.1, 0.15) is 32.1 Å². The van der Waals surface area contributed by atoms with E-state index >= 15 is 0 Å². The summed E-state index contributed by atoms with van der Waals surface area (Å²) in [5.41, 5.74) is 0. The largest absolute Gasteiger partial charge is 0.550 e. The fourth-order valence-electron chi connectivity index (χ4n) is 1.32. The lowest BCUT2D eigenvalue weighted by Gasteiger charge is -2.19. The SMILES string of the molecule is [O]C(=O)OC1CCCCC1. The molecule has 0 spiro atoms. The van der Waals surface area contributed by atoms with Crippen LogP contribution < -0.4 is 0 Å². The summed E-state index contributed by atoms with van der Waals surface area (Å²) in [6.45, 7) is 0. The van der Waals surface area contributed by atoms with Crippen molar-refractivity contribution in [2.75, 3.05) is 0 Å². The standard InChI is InChI=1S/C7H11O3/c8-7(9)10-6-4-2-1-3-5-6/h6H,1-5H2. The first-order valence-corrected chi connectivity index (χ1v) is 3.66. The lowest BCUT2D eigenvalue weighted by molar-refractivity contribution is 0.0186. The van der Waals surface area contributed by atoms with Gasteiger partial charge in [0, 0.05) is 0 Å². The first-order chi connectivity index (χ1) is 4.79. The van der Waals surface area contributed by atoms with Crippen molar-refractivity contribution in [3.8, 4) is 0 Å². The molecule has 3 nitrogen and oxygen atoms in total. The summed E-state index contributed by atoms with van der Waals surface area (Å²) in [5.74, 6) is 0. The number of carbonyl (C=O) groups excluding carboxylic acids is 1. The van der Waals surface area contributed by atoms with Gasteiger partial charge in [-0.05, 0) is 25.7 Å². The van der Waals surface area contributed by atoms with Crippen molar-refractivity contribution < 1.29 is 14.6 Å². The molecular weight excluding hydrogens is 132 g/mol. The third-order valence-electron chi connectivity index (χ3n) is 1.82. The Morgan fingerprint density at radius 1 is 1.20 bits per heavy atom. The van der Waals surface area contributed by atoms with Crippen LogP contribution in [0.25, 0.3) is 0 Å². The zero-order valence-corrected chi connectivity index (χ0v) is 5.84. The minimum Gasteiger partial charge on any atom is -0.428 e. The molecule has 0 atom stereocenters. The molecule has 0 heterocycles. The van der Waals surface area contributed by atoms with E-state index in [1.54, 1.807) is 0 Å². The highest BCUT2D eigenvalue weighted by molar-refractivity contribution is 5.56. The smallest absolute Gasteiger partial charge is 0.428 e. The Hall–Kier alpha value is -0.730. The summed E-state index contributed by atoms with van der Waals surface area (Å²) in [6.07, 6.45) is 3.63. The summed E-state index contributed by atoms with van der Waals surface area (Å²) < 4.78 is 4.50. The lowest BCUT2D eigenvalue weighted by atomic mass is 9.98. The second-order valence-electron chi connectivity index (χ2n) is 2.63. The van der Waals surface area contributed by atoms with Gasteiger partial charge in [-0.3, -0.25) is 0 Å². The number of rotatable bonds is 1. The van der Waals surface area contributed by atoms with Gasteiger partial charge in [0.25, 0.3) is 0 Å². The highest BCUT2D eigenvalue weighted by atomic mass is 16.7. The Morgan fingerprint density at radius 2 is 1.80 bits per heavy atom. The molecule has 3 heteroatoms. The van der Waals surface area contributed by atoms with E-state index in [4.69, 9.17) is 0 Å². The Morgan fingerprint density at radius 3 is 2.30 bits per heavy atom. The summed E-state index contributed by atoms with van der Waals surface area (Å²) in [6, 6.07) is 0. The first-order valence-electron chi connectivity index (χ1n) is 3.66. The fraction of sp³-hybridized carbons (Fsp3) is 0.857. The molecule has 1 rings (SSSR count). The molecule has 0 unspecified atom stereocenters. The van der Waals surface area contributed by atoms with Crippen molar-refractivity contribution in [2.24, 2.45) is 0 Å². The highest BCUT2D eigenvalue weighted by Crippen LogP contribution is 2.20. The summed E-state index contributed by atoms with van der Waals surface area (Å²) >= 11 is 0. The molecular formula is C7H11O3. The number of ether oxygens (including phenoxy) is 1. The predicted octanol–water partition coefficient (Wildman–Crippen LogP) is 1.89. The third kappa shape index (κ3) is 2.25. The first kappa shape index (κ1) is 7.38. The maximum atomic E-state index is 9.93. The Labute approximate surface area is 60.0 Å². The van der Waals surface area contributed by atoms with Gasteiger partial charge in [0.2, 0.25) is 0 Å². The fourth-order valence-corrected chi connectivity index (χ4v) is 1.32. The van der Waals surface area contributed by atoms with Crippen LogP contribution in [0.2, 0.25) is 0 Å². The molecule has 0 aromatic carbocycles. The van der Waals surface area contributed by atoms with E-state index in [1.165, 1.54) is 6.42 Å². The van der Waals surface area contributed by atoms with Crippen molar-refractivity contribution in [3.05, 3.63) is 0 Å². The molecule has 1 saturated carbocycles. The molecule has 1 aliphatic carbocycles. The van der Waals surface area contributed by atoms with Crippen molar-refractivity contribution in [3.63, 3.8) is 0 Å². The number of hydrogen-bond acceptors (Lipinski definition) is 2. The van der Waals surface area contributed by atoms with E-state index in [-0.39, 0.29) is 6.10 Å². The monoisotopic (exact) mass is 143 g/mol. The van der Waals surface area contributed by atoms with Crippen molar-refractivity contribution in [2.45, 2.75) is 38.2 Å². The summed E-state index contributed by atoms with van der Waals surface area (Å²) in [5, 5.41) is 9.93. The summed E-state index contributed by atoms with van der Waals surface area (Å²) in [4.78, 5) is 9.93. The van der Waals surface area contributed by atoms with Gasteiger partial charge in [-0.2, -0.15) is 9.90 Å². The molecule has 0 bridgehead atoms. The van der Waals surface area contributed by atoms with E-state index in [1.807, 2.05) is 0 Å². The van der Waals surface area contributed by atoms with Crippen LogP contribution in [0.5, 0.6) is 0 Å². The van der Waals surface area contributed by atoms with Crippen LogP contribution in [-0.4, -0.2) is 12.3 Å². The van der Waals surface area contributed by atoms with E-state index in [2.05, 4.69) is 4.74 Å². The predicted molar refractivity (Wildman–Crippen MR) is 34.0 cm³/mol. The van der Waals surface area contributed by atoms with Gasteiger partial charge in [-0.1, -0.05) is 6.42 Å². The second kappa shape index (κ2) is 3.44. The minimum atomic E-state index is -1.38. The van der Waals surface area contributed by atoms with Crippen LogP contribution in [0.15, 0.2) is 0 Å². The van der Waals surface area contributed by atoms with Gasteiger partial charge < -0.3 is 4.74 Å². The zero-order valence-electron chi connectivity index (χ0n) is 5.84. The highest BCUT2D eigenvalue weighted by Gasteiger charge is 2.17. The van der Waals surface area contributed by atoms with Gasteiger partial charge in [-0.15, -0.1) is 0 Å². The van der Waals surface area contributed by atoms with E-state index in [0.717, 1.165) is 25.7 Å².